The van der Waals surface area contributed by atoms with Crippen LogP contribution < -0.4 is 10.6 Å². The van der Waals surface area contributed by atoms with Gasteiger partial charge in [0.15, 0.2) is 22.1 Å². The molecule has 5 rings (SSSR count). The highest BCUT2D eigenvalue weighted by Gasteiger charge is 2.48. The Morgan fingerprint density at radius 3 is 2.63 bits per heavy atom. The summed E-state index contributed by atoms with van der Waals surface area (Å²) in [5, 5.41) is 35.3. The molecule has 0 saturated heterocycles. The van der Waals surface area contributed by atoms with Gasteiger partial charge in [-0.1, -0.05) is 54.2 Å². The number of hydrogen-bond acceptors (Lipinski definition) is 9. The number of alkyl halides is 3. The van der Waals surface area contributed by atoms with E-state index in [0.29, 0.717) is 28.1 Å². The maximum Gasteiger partial charge on any atom is 0.405 e. The number of halogens is 3. The van der Waals surface area contributed by atoms with Gasteiger partial charge >= 0.3 is 6.18 Å². The summed E-state index contributed by atoms with van der Waals surface area (Å²) in [6, 6.07) is 9.35. The monoisotopic (exact) mass is 551 g/mol. The predicted molar refractivity (Wildman–Crippen MR) is 134 cm³/mol. The average molecular weight is 552 g/mol. The van der Waals surface area contributed by atoms with Crippen molar-refractivity contribution in [3.8, 4) is 0 Å². The molecule has 4 N–H and O–H groups in total. The Hall–Kier alpha value is -2.97. The zero-order valence-electron chi connectivity index (χ0n) is 20.5. The maximum atomic E-state index is 12.6. The van der Waals surface area contributed by atoms with Crippen LogP contribution in [0.2, 0.25) is 0 Å². The lowest BCUT2D eigenvalue weighted by Crippen LogP contribution is -2.41. The Morgan fingerprint density at radius 1 is 1.16 bits per heavy atom. The number of carbonyl (C=O) groups is 1. The zero-order valence-corrected chi connectivity index (χ0v) is 21.3. The topological polar surface area (TPSA) is 138 Å². The third-order valence-corrected chi connectivity index (χ3v) is 7.90. The lowest BCUT2D eigenvalue weighted by Gasteiger charge is -2.17. The van der Waals surface area contributed by atoms with Gasteiger partial charge in [-0.15, -0.1) is 5.10 Å². The smallest absolute Gasteiger partial charge is 0.390 e. The highest BCUT2D eigenvalue weighted by atomic mass is 32.2. The van der Waals surface area contributed by atoms with Gasteiger partial charge < -0.3 is 20.8 Å². The van der Waals surface area contributed by atoms with Crippen molar-refractivity contribution in [1.82, 2.24) is 30.3 Å². The minimum Gasteiger partial charge on any atom is -0.390 e. The molecule has 2 fully saturated rings. The number of rotatable bonds is 9. The van der Waals surface area contributed by atoms with Crippen LogP contribution in [0.1, 0.15) is 43.7 Å². The molecule has 10 nitrogen and oxygen atoms in total. The Labute approximate surface area is 220 Å². The standard InChI is InChI=1S/C24H28F3N7O3S/c1-2-8-38-23-30-20(29-15-9-13(15)12-6-4-3-5-7-12)17-21(31-23)34(33-32-17)16-10-14(18(35)19(16)36)22(37)28-11-24(25,26)27/h3-7,13-16,18-19,35-36H,2,8-11H2,1H3,(H,28,37)(H,29,30,31)/t13?,14-,15?,16+,18+,19-/m0/s1. The minimum absolute atomic E-state index is 0.132. The van der Waals surface area contributed by atoms with Crippen molar-refractivity contribution in [1.29, 1.82) is 0 Å². The molecule has 204 valence electrons. The lowest BCUT2D eigenvalue weighted by atomic mass is 10.0. The van der Waals surface area contributed by atoms with E-state index in [2.05, 4.69) is 37.7 Å². The molecule has 1 amide bonds. The summed E-state index contributed by atoms with van der Waals surface area (Å²) in [5.74, 6) is -0.642. The molecule has 0 bridgehead atoms. The first kappa shape index (κ1) is 26.6. The fourth-order valence-corrected chi connectivity index (χ4v) is 5.51. The van der Waals surface area contributed by atoms with Crippen molar-refractivity contribution in [2.45, 2.75) is 67.7 Å². The Bertz CT molecular complexity index is 1290. The number of carbonyl (C=O) groups excluding carboxylic acids is 1. The van der Waals surface area contributed by atoms with E-state index in [1.54, 1.807) is 5.32 Å². The van der Waals surface area contributed by atoms with Gasteiger partial charge in [-0.05, 0) is 24.8 Å². The number of nitrogens with one attached hydrogen (secondary N) is 2. The van der Waals surface area contributed by atoms with Gasteiger partial charge in [0, 0.05) is 17.7 Å². The van der Waals surface area contributed by atoms with Crippen LogP contribution in [0.25, 0.3) is 11.2 Å². The molecular weight excluding hydrogens is 523 g/mol. The van der Waals surface area contributed by atoms with Crippen LogP contribution in [0.5, 0.6) is 0 Å². The van der Waals surface area contributed by atoms with Crippen LogP contribution in [-0.4, -0.2) is 77.8 Å². The molecule has 2 heterocycles. The van der Waals surface area contributed by atoms with Gasteiger partial charge in [-0.25, -0.2) is 14.6 Å². The first-order valence-electron chi connectivity index (χ1n) is 12.4. The van der Waals surface area contributed by atoms with Crippen molar-refractivity contribution in [2.24, 2.45) is 5.92 Å². The molecular formula is C24H28F3N7O3S. The second kappa shape index (κ2) is 10.7. The summed E-state index contributed by atoms with van der Waals surface area (Å²) in [6.07, 6.45) is -5.93. The van der Waals surface area contributed by atoms with E-state index in [1.165, 1.54) is 22.0 Å². The van der Waals surface area contributed by atoms with Crippen molar-refractivity contribution < 1.29 is 28.2 Å². The van der Waals surface area contributed by atoms with E-state index >= 15 is 0 Å². The van der Waals surface area contributed by atoms with Crippen molar-refractivity contribution in [2.75, 3.05) is 17.6 Å². The molecule has 0 aliphatic heterocycles. The molecule has 2 aromatic heterocycles. The Kier molecular flexibility index (Phi) is 7.47. The van der Waals surface area contributed by atoms with Crippen LogP contribution in [0.15, 0.2) is 35.5 Å². The molecule has 3 aromatic rings. The summed E-state index contributed by atoms with van der Waals surface area (Å²) in [7, 11) is 0. The third-order valence-electron chi connectivity index (χ3n) is 6.84. The summed E-state index contributed by atoms with van der Waals surface area (Å²) in [5.41, 5.74) is 1.90. The molecule has 0 spiro atoms. The van der Waals surface area contributed by atoms with Gasteiger partial charge in [0.2, 0.25) is 5.91 Å². The molecule has 6 atom stereocenters. The highest BCUT2D eigenvalue weighted by Crippen LogP contribution is 2.43. The van der Waals surface area contributed by atoms with Crippen LogP contribution in [-0.2, 0) is 4.79 Å². The van der Waals surface area contributed by atoms with E-state index in [0.717, 1.165) is 18.6 Å². The third kappa shape index (κ3) is 5.57. The fraction of sp³-hybridized carbons (Fsp3) is 0.542. The number of thioether (sulfide) groups is 1. The quantitative estimate of drug-likeness (QED) is 0.234. The van der Waals surface area contributed by atoms with E-state index in [-0.39, 0.29) is 12.5 Å². The summed E-state index contributed by atoms with van der Waals surface area (Å²) < 4.78 is 39.0. The highest BCUT2D eigenvalue weighted by molar-refractivity contribution is 7.99. The fourth-order valence-electron chi connectivity index (χ4n) is 4.82. The number of nitrogens with zero attached hydrogens (tertiary/aromatic N) is 5. The second-order valence-electron chi connectivity index (χ2n) is 9.64. The number of aromatic nitrogens is 5. The SMILES string of the molecule is CCCSc1nc(NC2CC2c2ccccc2)c2nnn([C@@H]3C[C@H](C(=O)NCC(F)(F)F)[C@@H](O)[C@H]3O)c2n1. The van der Waals surface area contributed by atoms with E-state index in [4.69, 9.17) is 0 Å². The molecule has 38 heavy (non-hydrogen) atoms. The van der Waals surface area contributed by atoms with Gasteiger partial charge in [0.25, 0.3) is 0 Å². The normalized spacial score (nSPS) is 27.0. The van der Waals surface area contributed by atoms with Gasteiger partial charge in [-0.3, -0.25) is 4.79 Å². The second-order valence-corrected chi connectivity index (χ2v) is 10.7. The summed E-state index contributed by atoms with van der Waals surface area (Å²) in [6.45, 7) is 0.513. The number of benzene rings is 1. The molecule has 14 heteroatoms. The van der Waals surface area contributed by atoms with Crippen LogP contribution in [0, 0.1) is 5.92 Å². The van der Waals surface area contributed by atoms with E-state index < -0.39 is 42.8 Å². The Morgan fingerprint density at radius 2 is 1.92 bits per heavy atom. The average Bonchev–Trinajstić information content (AvgIpc) is 3.43. The lowest BCUT2D eigenvalue weighted by molar-refractivity contribution is -0.143. The first-order valence-corrected chi connectivity index (χ1v) is 13.4. The molecule has 2 aliphatic rings. The predicted octanol–water partition coefficient (Wildman–Crippen LogP) is 2.65. The van der Waals surface area contributed by atoms with Gasteiger partial charge in [0.1, 0.15) is 12.6 Å². The number of hydrogen-bond donors (Lipinski definition) is 4. The first-order chi connectivity index (χ1) is 18.2. The minimum atomic E-state index is -4.59. The van der Waals surface area contributed by atoms with Crippen LogP contribution in [0.3, 0.4) is 0 Å². The van der Waals surface area contributed by atoms with Crippen molar-refractivity contribution in [3.05, 3.63) is 35.9 Å². The molecule has 1 aromatic carbocycles. The van der Waals surface area contributed by atoms with E-state index in [9.17, 15) is 28.2 Å². The molecule has 2 saturated carbocycles. The number of aliphatic hydroxyl groups excluding tert-OH is 2. The Balaban J connectivity index is 1.40. The van der Waals surface area contributed by atoms with Crippen LogP contribution in [0.4, 0.5) is 19.0 Å². The number of anilines is 1. The van der Waals surface area contributed by atoms with Crippen molar-refractivity contribution >= 4 is 34.7 Å². The zero-order chi connectivity index (χ0) is 27.0. The van der Waals surface area contributed by atoms with Crippen molar-refractivity contribution in [3.63, 3.8) is 0 Å². The van der Waals surface area contributed by atoms with Gasteiger partial charge in [-0.2, -0.15) is 13.2 Å². The van der Waals surface area contributed by atoms with Crippen LogP contribution >= 0.6 is 11.8 Å². The van der Waals surface area contributed by atoms with Gasteiger partial charge in [0.05, 0.1) is 18.1 Å². The molecule has 2 aliphatic carbocycles. The molecule has 0 radical (unpaired) electrons. The number of fused-ring (bicyclic) bond motifs is 1. The van der Waals surface area contributed by atoms with E-state index in [1.807, 2.05) is 25.1 Å². The summed E-state index contributed by atoms with van der Waals surface area (Å²) >= 11 is 1.45. The maximum absolute atomic E-state index is 12.6. The molecule has 2 unspecified atom stereocenters. The summed E-state index contributed by atoms with van der Waals surface area (Å²) in [4.78, 5) is 21.6. The number of amides is 1. The number of aliphatic hydroxyl groups is 2. The largest absolute Gasteiger partial charge is 0.405 e.